The summed E-state index contributed by atoms with van der Waals surface area (Å²) in [5.74, 6) is 0. The van der Waals surface area contributed by atoms with Gasteiger partial charge in [0.15, 0.2) is 6.29 Å². The van der Waals surface area contributed by atoms with Gasteiger partial charge in [-0.15, -0.1) is 0 Å². The maximum atomic E-state index is 5.40. The lowest BCUT2D eigenvalue weighted by Gasteiger charge is -2.10. The fourth-order valence-electron chi connectivity index (χ4n) is 1.07. The lowest BCUT2D eigenvalue weighted by atomic mass is 10.4. The standard InChI is InChI=1S/C8H15IO3/c9-3-5-10-6-7-12-8-2-1-4-11-8/h8H,1-7H2. The van der Waals surface area contributed by atoms with E-state index in [9.17, 15) is 0 Å². The molecule has 0 aromatic rings. The molecule has 3 nitrogen and oxygen atoms in total. The van der Waals surface area contributed by atoms with E-state index in [1.54, 1.807) is 0 Å². The third-order valence-electron chi connectivity index (χ3n) is 1.64. The quantitative estimate of drug-likeness (QED) is 0.421. The molecule has 1 aliphatic heterocycles. The maximum Gasteiger partial charge on any atom is 0.157 e. The molecule has 0 saturated carbocycles. The lowest BCUT2D eigenvalue weighted by molar-refractivity contribution is -0.121. The second-order valence-corrected chi connectivity index (χ2v) is 3.69. The molecule has 0 spiro atoms. The summed E-state index contributed by atoms with van der Waals surface area (Å²) >= 11 is 2.29. The van der Waals surface area contributed by atoms with Crippen molar-refractivity contribution in [1.29, 1.82) is 0 Å². The van der Waals surface area contributed by atoms with Gasteiger partial charge in [0, 0.05) is 17.5 Å². The Bertz CT molecular complexity index is 104. The molecular formula is C8H15IO3. The van der Waals surface area contributed by atoms with Gasteiger partial charge in [-0.1, -0.05) is 22.6 Å². The molecule has 0 aromatic heterocycles. The van der Waals surface area contributed by atoms with Crippen molar-refractivity contribution in [1.82, 2.24) is 0 Å². The minimum atomic E-state index is 0.0354. The monoisotopic (exact) mass is 286 g/mol. The third-order valence-corrected chi connectivity index (χ3v) is 2.08. The first-order chi connectivity index (χ1) is 5.93. The Labute approximate surface area is 86.9 Å². The smallest absolute Gasteiger partial charge is 0.157 e. The van der Waals surface area contributed by atoms with Crippen molar-refractivity contribution in [3.8, 4) is 0 Å². The number of halogens is 1. The van der Waals surface area contributed by atoms with Gasteiger partial charge in [-0.25, -0.2) is 0 Å². The van der Waals surface area contributed by atoms with Gasteiger partial charge in [-0.2, -0.15) is 0 Å². The van der Waals surface area contributed by atoms with Crippen molar-refractivity contribution in [3.05, 3.63) is 0 Å². The van der Waals surface area contributed by atoms with Gasteiger partial charge in [-0.3, -0.25) is 0 Å². The van der Waals surface area contributed by atoms with Crippen LogP contribution in [0.1, 0.15) is 12.8 Å². The summed E-state index contributed by atoms with van der Waals surface area (Å²) in [6, 6.07) is 0. The molecule has 1 atom stereocenters. The summed E-state index contributed by atoms with van der Waals surface area (Å²) in [7, 11) is 0. The van der Waals surface area contributed by atoms with Crippen molar-refractivity contribution >= 4 is 22.6 Å². The molecule has 1 fully saturated rings. The minimum absolute atomic E-state index is 0.0354. The van der Waals surface area contributed by atoms with Crippen molar-refractivity contribution < 1.29 is 14.2 Å². The van der Waals surface area contributed by atoms with E-state index in [1.165, 1.54) is 0 Å². The zero-order chi connectivity index (χ0) is 8.65. The Morgan fingerprint density at radius 2 is 2.25 bits per heavy atom. The summed E-state index contributed by atoms with van der Waals surface area (Å²) in [6.45, 7) is 3.00. The molecule has 0 aliphatic carbocycles. The van der Waals surface area contributed by atoms with Crippen LogP contribution in [0.25, 0.3) is 0 Å². The van der Waals surface area contributed by atoms with Crippen molar-refractivity contribution in [3.63, 3.8) is 0 Å². The van der Waals surface area contributed by atoms with Gasteiger partial charge in [0.25, 0.3) is 0 Å². The predicted molar refractivity (Wildman–Crippen MR) is 54.6 cm³/mol. The van der Waals surface area contributed by atoms with Crippen LogP contribution in [-0.4, -0.2) is 37.1 Å². The highest BCUT2D eigenvalue weighted by Crippen LogP contribution is 2.12. The molecule has 1 rings (SSSR count). The van der Waals surface area contributed by atoms with Crippen LogP contribution in [0.5, 0.6) is 0 Å². The zero-order valence-corrected chi connectivity index (χ0v) is 9.29. The van der Waals surface area contributed by atoms with E-state index in [2.05, 4.69) is 22.6 Å². The molecule has 0 amide bonds. The van der Waals surface area contributed by atoms with Gasteiger partial charge in [0.1, 0.15) is 0 Å². The highest BCUT2D eigenvalue weighted by Gasteiger charge is 2.14. The average Bonchev–Trinajstić information content (AvgIpc) is 2.57. The first-order valence-corrected chi connectivity index (χ1v) is 5.83. The van der Waals surface area contributed by atoms with E-state index in [-0.39, 0.29) is 6.29 Å². The number of hydrogen-bond donors (Lipinski definition) is 0. The fraction of sp³-hybridized carbons (Fsp3) is 1.00. The average molecular weight is 286 g/mol. The summed E-state index contributed by atoms with van der Waals surface area (Å²) in [5.41, 5.74) is 0. The van der Waals surface area contributed by atoms with Crippen molar-refractivity contribution in [2.75, 3.05) is 30.9 Å². The molecule has 1 unspecified atom stereocenters. The molecule has 0 aromatic carbocycles. The first kappa shape index (κ1) is 10.7. The van der Waals surface area contributed by atoms with Gasteiger partial charge in [0.05, 0.1) is 19.8 Å². The Morgan fingerprint density at radius 1 is 1.33 bits per heavy atom. The Kier molecular flexibility index (Phi) is 6.29. The van der Waals surface area contributed by atoms with E-state index in [4.69, 9.17) is 14.2 Å². The normalized spacial score (nSPS) is 23.2. The Morgan fingerprint density at radius 3 is 2.92 bits per heavy atom. The zero-order valence-electron chi connectivity index (χ0n) is 7.13. The summed E-state index contributed by atoms with van der Waals surface area (Å²) < 4.78 is 17.0. The maximum absolute atomic E-state index is 5.40. The van der Waals surface area contributed by atoms with Crippen LogP contribution in [0, 0.1) is 0 Å². The second-order valence-electron chi connectivity index (χ2n) is 2.61. The van der Waals surface area contributed by atoms with Gasteiger partial charge in [-0.05, 0) is 6.42 Å². The molecule has 0 radical (unpaired) electrons. The van der Waals surface area contributed by atoms with Crippen LogP contribution >= 0.6 is 22.6 Å². The van der Waals surface area contributed by atoms with Crippen LogP contribution in [0.15, 0.2) is 0 Å². The summed E-state index contributed by atoms with van der Waals surface area (Å²) in [6.07, 6.45) is 2.19. The first-order valence-electron chi connectivity index (χ1n) is 4.30. The molecular weight excluding hydrogens is 271 g/mol. The molecule has 1 heterocycles. The summed E-state index contributed by atoms with van der Waals surface area (Å²) in [4.78, 5) is 0. The van der Waals surface area contributed by atoms with E-state index in [0.717, 1.165) is 30.5 Å². The molecule has 1 aliphatic rings. The molecule has 72 valence electrons. The van der Waals surface area contributed by atoms with Crippen LogP contribution in [0.3, 0.4) is 0 Å². The van der Waals surface area contributed by atoms with Gasteiger partial charge in [0.2, 0.25) is 0 Å². The molecule has 1 saturated heterocycles. The second kappa shape index (κ2) is 7.06. The summed E-state index contributed by atoms with van der Waals surface area (Å²) in [5, 5.41) is 0. The van der Waals surface area contributed by atoms with Crippen molar-refractivity contribution in [2.24, 2.45) is 0 Å². The third kappa shape index (κ3) is 4.59. The molecule has 0 bridgehead atoms. The topological polar surface area (TPSA) is 27.7 Å². The minimum Gasteiger partial charge on any atom is -0.378 e. The van der Waals surface area contributed by atoms with Crippen LogP contribution in [0.4, 0.5) is 0 Å². The number of alkyl halides is 1. The highest BCUT2D eigenvalue weighted by molar-refractivity contribution is 14.1. The van der Waals surface area contributed by atoms with E-state index in [1.807, 2.05) is 0 Å². The van der Waals surface area contributed by atoms with Crippen LogP contribution in [-0.2, 0) is 14.2 Å². The number of ether oxygens (including phenoxy) is 3. The Balaban J connectivity index is 1.81. The van der Waals surface area contributed by atoms with Crippen LogP contribution in [0.2, 0.25) is 0 Å². The SMILES string of the molecule is ICCOCCOC1CCCO1. The van der Waals surface area contributed by atoms with E-state index >= 15 is 0 Å². The molecule has 12 heavy (non-hydrogen) atoms. The highest BCUT2D eigenvalue weighted by atomic mass is 127. The van der Waals surface area contributed by atoms with E-state index < -0.39 is 0 Å². The number of hydrogen-bond acceptors (Lipinski definition) is 3. The Hall–Kier alpha value is 0.610. The van der Waals surface area contributed by atoms with Crippen molar-refractivity contribution in [2.45, 2.75) is 19.1 Å². The molecule has 0 N–H and O–H groups in total. The van der Waals surface area contributed by atoms with Gasteiger partial charge < -0.3 is 14.2 Å². The predicted octanol–water partition coefficient (Wildman–Crippen LogP) is 1.59. The molecule has 4 heteroatoms. The van der Waals surface area contributed by atoms with Gasteiger partial charge >= 0.3 is 0 Å². The lowest BCUT2D eigenvalue weighted by Crippen LogP contribution is -2.15. The fourth-order valence-corrected chi connectivity index (χ4v) is 1.39. The number of rotatable bonds is 6. The van der Waals surface area contributed by atoms with E-state index in [0.29, 0.717) is 13.2 Å². The largest absolute Gasteiger partial charge is 0.378 e. The van der Waals surface area contributed by atoms with Crippen LogP contribution < -0.4 is 0 Å².